The van der Waals surface area contributed by atoms with Crippen molar-refractivity contribution in [2.24, 2.45) is 5.73 Å². The first-order chi connectivity index (χ1) is 11.2. The van der Waals surface area contributed by atoms with Crippen LogP contribution in [0.1, 0.15) is 18.1 Å². The van der Waals surface area contributed by atoms with Gasteiger partial charge in [-0.15, -0.1) is 0 Å². The van der Waals surface area contributed by atoms with E-state index in [4.69, 9.17) is 15.0 Å². The van der Waals surface area contributed by atoms with Crippen LogP contribution in [0.2, 0.25) is 0 Å². The number of hydrogen-bond donors (Lipinski definition) is 2. The largest absolute Gasteiger partial charge is 0.480 e. The van der Waals surface area contributed by atoms with Crippen molar-refractivity contribution >= 4 is 16.1 Å². The van der Waals surface area contributed by atoms with Gasteiger partial charge in [-0.3, -0.25) is 8.98 Å². The van der Waals surface area contributed by atoms with E-state index in [2.05, 4.69) is 0 Å². The van der Waals surface area contributed by atoms with Gasteiger partial charge in [-0.1, -0.05) is 48.0 Å². The highest BCUT2D eigenvalue weighted by Crippen LogP contribution is 2.15. The summed E-state index contributed by atoms with van der Waals surface area (Å²) in [6.07, 6.45) is 0. The molecule has 2 aromatic rings. The fraction of sp³-hybridized carbons (Fsp3) is 0.235. The zero-order valence-electron chi connectivity index (χ0n) is 13.5. The van der Waals surface area contributed by atoms with E-state index in [0.717, 1.165) is 11.1 Å². The smallest absolute Gasteiger partial charge is 0.320 e. The summed E-state index contributed by atoms with van der Waals surface area (Å²) in [5.74, 6) is -0.963. The van der Waals surface area contributed by atoms with Crippen LogP contribution < -0.4 is 5.73 Å². The summed E-state index contributed by atoms with van der Waals surface area (Å²) < 4.78 is 28.8. The van der Waals surface area contributed by atoms with Crippen molar-refractivity contribution in [3.63, 3.8) is 0 Å². The molecule has 0 radical (unpaired) electrons. The Kier molecular flexibility index (Phi) is 7.57. The summed E-state index contributed by atoms with van der Waals surface area (Å²) in [5, 5.41) is 7.87. The highest BCUT2D eigenvalue weighted by molar-refractivity contribution is 7.86. The van der Waals surface area contributed by atoms with Crippen molar-refractivity contribution in [2.45, 2.75) is 31.4 Å². The average Bonchev–Trinajstić information content (AvgIpc) is 2.55. The van der Waals surface area contributed by atoms with Crippen molar-refractivity contribution in [1.29, 1.82) is 0 Å². The van der Waals surface area contributed by atoms with Gasteiger partial charge in [-0.25, -0.2) is 0 Å². The Hall–Kier alpha value is -2.22. The maximum atomic E-state index is 11.9. The molecule has 0 fully saturated rings. The second kappa shape index (κ2) is 9.17. The average molecular weight is 351 g/mol. The van der Waals surface area contributed by atoms with Gasteiger partial charge < -0.3 is 10.8 Å². The van der Waals surface area contributed by atoms with Crippen molar-refractivity contribution in [3.8, 4) is 0 Å². The number of carboxylic acid groups (broad SMARTS) is 1. The second-order valence-electron chi connectivity index (χ2n) is 5.14. The minimum Gasteiger partial charge on any atom is -0.480 e. The van der Waals surface area contributed by atoms with Crippen LogP contribution in [0.5, 0.6) is 0 Å². The molecule has 0 amide bonds. The number of aliphatic carboxylic acids is 1. The van der Waals surface area contributed by atoms with Crippen molar-refractivity contribution in [1.82, 2.24) is 0 Å². The summed E-state index contributed by atoms with van der Waals surface area (Å²) >= 11 is 0. The molecule has 0 spiro atoms. The maximum absolute atomic E-state index is 11.9. The Bertz CT molecular complexity index is 740. The van der Waals surface area contributed by atoms with Crippen LogP contribution in [0, 0.1) is 6.92 Å². The molecule has 0 saturated carbocycles. The third-order valence-electron chi connectivity index (χ3n) is 2.92. The number of aryl methyl sites for hydroxylation is 1. The van der Waals surface area contributed by atoms with Crippen molar-refractivity contribution in [3.05, 3.63) is 65.7 Å². The minimum atomic E-state index is -3.68. The van der Waals surface area contributed by atoms with Crippen molar-refractivity contribution in [2.75, 3.05) is 0 Å². The normalized spacial score (nSPS) is 12.0. The highest BCUT2D eigenvalue weighted by atomic mass is 32.2. The van der Waals surface area contributed by atoms with Gasteiger partial charge in [0.15, 0.2) is 0 Å². The van der Waals surface area contributed by atoms with Gasteiger partial charge in [-0.05, 0) is 31.5 Å². The predicted molar refractivity (Wildman–Crippen MR) is 90.9 cm³/mol. The number of carbonyl (C=O) groups is 1. The third kappa shape index (κ3) is 6.91. The number of nitrogens with two attached hydrogens (primary N) is 1. The number of hydrogen-bond acceptors (Lipinski definition) is 5. The minimum absolute atomic E-state index is 0.0526. The highest BCUT2D eigenvalue weighted by Gasteiger charge is 2.14. The Morgan fingerprint density at radius 1 is 1.12 bits per heavy atom. The van der Waals surface area contributed by atoms with E-state index in [0.29, 0.717) is 0 Å². The molecule has 0 heterocycles. The molecule has 0 unspecified atom stereocenters. The first kappa shape index (κ1) is 19.8. The van der Waals surface area contributed by atoms with E-state index in [-0.39, 0.29) is 11.5 Å². The fourth-order valence-electron chi connectivity index (χ4n) is 1.49. The van der Waals surface area contributed by atoms with Gasteiger partial charge in [0, 0.05) is 0 Å². The SMILES string of the molecule is C[C@H](N)C(=O)O.Cc1ccc(S(=O)(=O)OCc2ccccc2)cc1. The summed E-state index contributed by atoms with van der Waals surface area (Å²) in [4.78, 5) is 9.76. The zero-order chi connectivity index (χ0) is 18.2. The first-order valence-electron chi connectivity index (χ1n) is 7.21. The number of rotatable bonds is 5. The Morgan fingerprint density at radius 3 is 2.08 bits per heavy atom. The van der Waals surface area contributed by atoms with Gasteiger partial charge in [0.05, 0.1) is 11.5 Å². The van der Waals surface area contributed by atoms with Crippen LogP contribution in [0.15, 0.2) is 59.5 Å². The first-order valence-corrected chi connectivity index (χ1v) is 8.61. The van der Waals surface area contributed by atoms with Gasteiger partial charge in [-0.2, -0.15) is 8.42 Å². The lowest BCUT2D eigenvalue weighted by Gasteiger charge is -2.06. The molecule has 130 valence electrons. The lowest BCUT2D eigenvalue weighted by atomic mass is 10.2. The standard InChI is InChI=1S/C14H14O3S.C3H7NO2/c1-12-7-9-14(10-8-12)18(15,16)17-11-13-5-3-2-4-6-13;1-2(4)3(5)6/h2-10H,11H2,1H3;2H,4H2,1H3,(H,5,6)/t;2-/m.0/s1. The van der Waals surface area contributed by atoms with Gasteiger partial charge in [0.2, 0.25) is 0 Å². The lowest BCUT2D eigenvalue weighted by Crippen LogP contribution is -2.25. The van der Waals surface area contributed by atoms with E-state index in [1.807, 2.05) is 37.3 Å². The second-order valence-corrected chi connectivity index (χ2v) is 6.76. The molecule has 24 heavy (non-hydrogen) atoms. The summed E-state index contributed by atoms with van der Waals surface area (Å²) in [6, 6.07) is 15.1. The number of carboxylic acids is 1. The predicted octanol–water partition coefficient (Wildman–Crippen LogP) is 2.32. The van der Waals surface area contributed by atoms with E-state index >= 15 is 0 Å². The van der Waals surface area contributed by atoms with Crippen LogP contribution in [0.4, 0.5) is 0 Å². The van der Waals surface area contributed by atoms with Crippen LogP contribution >= 0.6 is 0 Å². The van der Waals surface area contributed by atoms with Crippen LogP contribution in [0.3, 0.4) is 0 Å². The Labute approximate surface area is 142 Å². The van der Waals surface area contributed by atoms with Gasteiger partial charge in [0.25, 0.3) is 10.1 Å². The van der Waals surface area contributed by atoms with Crippen molar-refractivity contribution < 1.29 is 22.5 Å². The maximum Gasteiger partial charge on any atom is 0.320 e. The summed E-state index contributed by atoms with van der Waals surface area (Å²) in [6.45, 7) is 3.38. The summed E-state index contributed by atoms with van der Waals surface area (Å²) in [5.41, 5.74) is 6.67. The molecule has 0 aromatic heterocycles. The lowest BCUT2D eigenvalue weighted by molar-refractivity contribution is -0.138. The monoisotopic (exact) mass is 351 g/mol. The van der Waals surface area contributed by atoms with E-state index < -0.39 is 22.1 Å². The molecule has 7 heteroatoms. The molecular weight excluding hydrogens is 330 g/mol. The van der Waals surface area contributed by atoms with Crippen LogP contribution in [0.25, 0.3) is 0 Å². The third-order valence-corrected chi connectivity index (χ3v) is 4.20. The Morgan fingerprint density at radius 2 is 1.62 bits per heavy atom. The number of benzene rings is 2. The molecule has 3 N–H and O–H groups in total. The Balaban J connectivity index is 0.000000413. The molecule has 0 aliphatic carbocycles. The molecule has 0 aliphatic rings. The van der Waals surface area contributed by atoms with Gasteiger partial charge in [0.1, 0.15) is 6.04 Å². The fourth-order valence-corrected chi connectivity index (χ4v) is 2.39. The van der Waals surface area contributed by atoms with E-state index in [1.54, 1.807) is 24.3 Å². The van der Waals surface area contributed by atoms with Gasteiger partial charge >= 0.3 is 5.97 Å². The molecule has 6 nitrogen and oxygen atoms in total. The topological polar surface area (TPSA) is 107 Å². The van der Waals surface area contributed by atoms with Crippen LogP contribution in [-0.4, -0.2) is 25.5 Å². The molecule has 2 rings (SSSR count). The molecule has 2 aromatic carbocycles. The molecule has 0 bridgehead atoms. The summed E-state index contributed by atoms with van der Waals surface area (Å²) in [7, 11) is -3.68. The quantitative estimate of drug-likeness (QED) is 0.801. The molecule has 1 atom stereocenters. The van der Waals surface area contributed by atoms with Crippen LogP contribution in [-0.2, 0) is 25.7 Å². The van der Waals surface area contributed by atoms with E-state index in [1.165, 1.54) is 6.92 Å². The zero-order valence-corrected chi connectivity index (χ0v) is 14.4. The molecular formula is C17H21NO5S. The van der Waals surface area contributed by atoms with E-state index in [9.17, 15) is 13.2 Å². The molecule has 0 aliphatic heterocycles. The molecule has 0 saturated heterocycles.